The number of piperazine rings is 1. The highest BCUT2D eigenvalue weighted by atomic mass is 16.5. The summed E-state index contributed by atoms with van der Waals surface area (Å²) < 4.78 is 10.6. The number of hydrogen-bond donors (Lipinski definition) is 1. The maximum absolute atomic E-state index is 5.42. The lowest BCUT2D eigenvalue weighted by atomic mass is 10.3. The van der Waals surface area contributed by atoms with E-state index in [1.165, 1.54) is 0 Å². The smallest absolute Gasteiger partial charge is 0.194 e. The zero-order valence-electron chi connectivity index (χ0n) is 16.5. The van der Waals surface area contributed by atoms with Gasteiger partial charge in [0.2, 0.25) is 0 Å². The summed E-state index contributed by atoms with van der Waals surface area (Å²) in [5, 5.41) is 7.63. The van der Waals surface area contributed by atoms with Crippen molar-refractivity contribution < 1.29 is 8.94 Å². The Bertz CT molecular complexity index is 687. The summed E-state index contributed by atoms with van der Waals surface area (Å²) in [6.07, 6.45) is 4.87. The van der Waals surface area contributed by atoms with Crippen molar-refractivity contribution in [1.82, 2.24) is 20.3 Å². The minimum absolute atomic E-state index is 0.830. The van der Waals surface area contributed by atoms with Crippen molar-refractivity contribution in [2.75, 3.05) is 39.3 Å². The van der Waals surface area contributed by atoms with Gasteiger partial charge in [0, 0.05) is 58.3 Å². The number of guanidine groups is 1. The van der Waals surface area contributed by atoms with Gasteiger partial charge in [0.1, 0.15) is 11.5 Å². The van der Waals surface area contributed by atoms with E-state index in [0.717, 1.165) is 88.2 Å². The van der Waals surface area contributed by atoms with E-state index in [0.29, 0.717) is 0 Å². The molecule has 2 aromatic heterocycles. The third kappa shape index (κ3) is 6.13. The van der Waals surface area contributed by atoms with Gasteiger partial charge in [-0.25, -0.2) is 0 Å². The van der Waals surface area contributed by atoms with E-state index in [1.54, 1.807) is 6.26 Å². The van der Waals surface area contributed by atoms with E-state index in [2.05, 4.69) is 27.2 Å². The Morgan fingerprint density at radius 3 is 2.81 bits per heavy atom. The number of hydrogen-bond acceptors (Lipinski definition) is 5. The van der Waals surface area contributed by atoms with Crippen LogP contribution in [0.15, 0.2) is 38.4 Å². The summed E-state index contributed by atoms with van der Waals surface area (Å²) in [6, 6.07) is 5.96. The second-order valence-electron chi connectivity index (χ2n) is 7.01. The van der Waals surface area contributed by atoms with Gasteiger partial charge in [-0.15, -0.1) is 0 Å². The third-order valence-electron chi connectivity index (χ3n) is 4.74. The molecule has 0 bridgehead atoms. The molecule has 1 fully saturated rings. The van der Waals surface area contributed by atoms with Crippen LogP contribution in [0.1, 0.15) is 37.0 Å². The quantitative estimate of drug-likeness (QED) is 0.436. The number of aryl methyl sites for hydroxylation is 1. The average Bonchev–Trinajstić information content (AvgIpc) is 3.33. The molecule has 0 spiro atoms. The van der Waals surface area contributed by atoms with E-state index < -0.39 is 0 Å². The maximum Gasteiger partial charge on any atom is 0.194 e. The molecule has 7 heteroatoms. The molecule has 3 heterocycles. The first kappa shape index (κ1) is 19.5. The number of aliphatic imine (C=N–C) groups is 1. The van der Waals surface area contributed by atoms with Crippen molar-refractivity contribution in [3.05, 3.63) is 41.7 Å². The van der Waals surface area contributed by atoms with Gasteiger partial charge in [-0.1, -0.05) is 18.5 Å². The summed E-state index contributed by atoms with van der Waals surface area (Å²) in [6.45, 7) is 10.6. The van der Waals surface area contributed by atoms with Crippen LogP contribution in [-0.2, 0) is 13.0 Å². The van der Waals surface area contributed by atoms with Crippen LogP contribution in [-0.4, -0.2) is 60.2 Å². The molecule has 7 nitrogen and oxygen atoms in total. The summed E-state index contributed by atoms with van der Waals surface area (Å²) in [5.74, 6) is 2.89. The van der Waals surface area contributed by atoms with Crippen molar-refractivity contribution in [3.8, 4) is 0 Å². The van der Waals surface area contributed by atoms with Crippen LogP contribution in [0.25, 0.3) is 0 Å². The topological polar surface area (TPSA) is 70.0 Å². The first-order valence-corrected chi connectivity index (χ1v) is 9.95. The molecule has 0 aromatic carbocycles. The van der Waals surface area contributed by atoms with Crippen LogP contribution in [0.3, 0.4) is 0 Å². The lowest BCUT2D eigenvalue weighted by molar-refractivity contribution is 0.169. The predicted octanol–water partition coefficient (Wildman–Crippen LogP) is 2.68. The van der Waals surface area contributed by atoms with E-state index in [-0.39, 0.29) is 0 Å². The number of nitrogens with zero attached hydrogens (tertiary/aromatic N) is 4. The first-order valence-electron chi connectivity index (χ1n) is 9.95. The zero-order valence-corrected chi connectivity index (χ0v) is 16.5. The van der Waals surface area contributed by atoms with Crippen LogP contribution < -0.4 is 5.32 Å². The maximum atomic E-state index is 5.42. The normalized spacial score (nSPS) is 16.1. The second-order valence-corrected chi connectivity index (χ2v) is 7.01. The fourth-order valence-electron chi connectivity index (χ4n) is 3.20. The summed E-state index contributed by atoms with van der Waals surface area (Å²) in [4.78, 5) is 9.60. The highest BCUT2D eigenvalue weighted by Gasteiger charge is 2.20. The first-order chi connectivity index (χ1) is 13.2. The van der Waals surface area contributed by atoms with Crippen molar-refractivity contribution >= 4 is 5.96 Å². The van der Waals surface area contributed by atoms with Gasteiger partial charge in [0.25, 0.3) is 0 Å². The molecule has 0 amide bonds. The molecule has 3 rings (SSSR count). The number of unbranched alkanes of at least 4 members (excludes halogenated alkanes) is 1. The van der Waals surface area contributed by atoms with Crippen LogP contribution in [0, 0.1) is 6.92 Å². The fraction of sp³-hybridized carbons (Fsp3) is 0.600. The van der Waals surface area contributed by atoms with E-state index in [4.69, 9.17) is 13.9 Å². The van der Waals surface area contributed by atoms with Gasteiger partial charge in [-0.2, -0.15) is 0 Å². The molecule has 0 saturated carbocycles. The van der Waals surface area contributed by atoms with Crippen LogP contribution in [0.4, 0.5) is 0 Å². The number of furan rings is 1. The van der Waals surface area contributed by atoms with E-state index in [9.17, 15) is 0 Å². The van der Waals surface area contributed by atoms with Crippen molar-refractivity contribution in [3.63, 3.8) is 0 Å². The number of rotatable bonds is 8. The molecule has 1 aliphatic heterocycles. The van der Waals surface area contributed by atoms with Crippen molar-refractivity contribution in [1.29, 1.82) is 0 Å². The molecule has 1 saturated heterocycles. The van der Waals surface area contributed by atoms with Crippen LogP contribution in [0.2, 0.25) is 0 Å². The Hall–Kier alpha value is -2.28. The molecule has 0 atom stereocenters. The summed E-state index contributed by atoms with van der Waals surface area (Å²) in [7, 11) is 0. The van der Waals surface area contributed by atoms with Gasteiger partial charge in [-0.05, 0) is 25.5 Å². The lowest BCUT2D eigenvalue weighted by Crippen LogP contribution is -2.52. The van der Waals surface area contributed by atoms with Gasteiger partial charge in [0.05, 0.1) is 12.0 Å². The highest BCUT2D eigenvalue weighted by molar-refractivity contribution is 5.80. The Morgan fingerprint density at radius 2 is 2.15 bits per heavy atom. The lowest BCUT2D eigenvalue weighted by Gasteiger charge is -2.36. The number of nitrogens with one attached hydrogen (secondary N) is 1. The molecule has 27 heavy (non-hydrogen) atoms. The zero-order chi connectivity index (χ0) is 18.9. The standard InChI is InChI=1S/C20H31N5O2/c1-3-4-8-21-20(22-9-7-19-6-5-14-26-19)25-12-10-24(11-13-25)16-18-15-17(2)27-23-18/h5-6,14-15H,3-4,7-13,16H2,1-2H3,(H,21,22). The highest BCUT2D eigenvalue weighted by Crippen LogP contribution is 2.09. The molecule has 2 aromatic rings. The second kappa shape index (κ2) is 10.2. The number of aromatic nitrogens is 1. The fourth-order valence-corrected chi connectivity index (χ4v) is 3.20. The van der Waals surface area contributed by atoms with Gasteiger partial charge < -0.3 is 19.2 Å². The largest absolute Gasteiger partial charge is 0.469 e. The van der Waals surface area contributed by atoms with Gasteiger partial charge in [0.15, 0.2) is 5.96 Å². The SMILES string of the molecule is CCCCN=C(NCCc1ccco1)N1CCN(Cc2cc(C)on2)CC1. The Labute approximate surface area is 161 Å². The van der Waals surface area contributed by atoms with E-state index >= 15 is 0 Å². The Morgan fingerprint density at radius 1 is 1.30 bits per heavy atom. The predicted molar refractivity (Wildman–Crippen MR) is 106 cm³/mol. The van der Waals surface area contributed by atoms with Gasteiger partial charge in [-0.3, -0.25) is 9.89 Å². The summed E-state index contributed by atoms with van der Waals surface area (Å²) in [5.41, 5.74) is 1.01. The molecule has 1 N–H and O–H groups in total. The minimum Gasteiger partial charge on any atom is -0.469 e. The van der Waals surface area contributed by atoms with Crippen molar-refractivity contribution in [2.45, 2.75) is 39.7 Å². The molecule has 1 aliphatic rings. The van der Waals surface area contributed by atoms with Crippen LogP contribution >= 0.6 is 0 Å². The Balaban J connectivity index is 1.49. The molecule has 148 valence electrons. The Kier molecular flexibility index (Phi) is 7.33. The van der Waals surface area contributed by atoms with Crippen LogP contribution in [0.5, 0.6) is 0 Å². The molecule has 0 radical (unpaired) electrons. The molecular weight excluding hydrogens is 342 g/mol. The molecule has 0 aliphatic carbocycles. The summed E-state index contributed by atoms with van der Waals surface area (Å²) >= 11 is 0. The third-order valence-corrected chi connectivity index (χ3v) is 4.74. The van der Waals surface area contributed by atoms with Crippen molar-refractivity contribution in [2.24, 2.45) is 4.99 Å². The average molecular weight is 374 g/mol. The monoisotopic (exact) mass is 373 g/mol. The minimum atomic E-state index is 0.830. The molecular formula is C20H31N5O2. The van der Waals surface area contributed by atoms with E-state index in [1.807, 2.05) is 25.1 Å². The van der Waals surface area contributed by atoms with Gasteiger partial charge >= 0.3 is 0 Å². The molecule has 0 unspecified atom stereocenters.